The first-order valence-corrected chi connectivity index (χ1v) is 8.99. The van der Waals surface area contributed by atoms with Crippen LogP contribution in [0.5, 0.6) is 5.75 Å². The Morgan fingerprint density at radius 2 is 1.96 bits per heavy atom. The smallest absolute Gasteiger partial charge is 0.257 e. The molecule has 0 bridgehead atoms. The van der Waals surface area contributed by atoms with Crippen molar-refractivity contribution in [2.75, 3.05) is 13.1 Å². The van der Waals surface area contributed by atoms with Gasteiger partial charge in [-0.3, -0.25) is 9.59 Å². The lowest BCUT2D eigenvalue weighted by Crippen LogP contribution is -2.31. The molecular weight excluding hydrogens is 323 g/mol. The second-order valence-electron chi connectivity index (χ2n) is 7.27. The van der Waals surface area contributed by atoms with Crippen molar-refractivity contribution in [3.8, 4) is 5.75 Å². The monoisotopic (exact) mass is 348 g/mol. The molecule has 1 fully saturated rings. The molecule has 2 N–H and O–H groups in total. The van der Waals surface area contributed by atoms with E-state index in [1.165, 1.54) is 6.07 Å². The van der Waals surface area contributed by atoms with Gasteiger partial charge in [0, 0.05) is 26.6 Å². The molecule has 0 atom stereocenters. The van der Waals surface area contributed by atoms with Crippen LogP contribution in [0.25, 0.3) is 0 Å². The van der Waals surface area contributed by atoms with Gasteiger partial charge in [0.1, 0.15) is 0 Å². The van der Waals surface area contributed by atoms with E-state index < -0.39 is 11.6 Å². The van der Waals surface area contributed by atoms with Crippen molar-refractivity contribution in [2.45, 2.75) is 45.6 Å². The summed E-state index contributed by atoms with van der Waals surface area (Å²) in [5, 5.41) is 12.3. The molecule has 0 radical (unpaired) electrons. The first kappa shape index (κ1) is 17.7. The van der Waals surface area contributed by atoms with Crippen molar-refractivity contribution in [1.29, 1.82) is 0 Å². The zero-order chi connectivity index (χ0) is 18.0. The summed E-state index contributed by atoms with van der Waals surface area (Å²) >= 11 is 0. The fraction of sp³-hybridized carbons (Fsp3) is 0.579. The van der Waals surface area contributed by atoms with Gasteiger partial charge in [-0.2, -0.15) is 0 Å². The topological polar surface area (TPSA) is 69.6 Å². The average Bonchev–Trinajstić information content (AvgIpc) is 2.92. The summed E-state index contributed by atoms with van der Waals surface area (Å²) in [5.41, 5.74) is 0.679. The Balaban J connectivity index is 1.47. The molecule has 1 aromatic carbocycles. The SMILES string of the molecule is CC(=O)NCC1CCC(CCN2Cc3ccc(O)c(F)c3C2=O)CC1. The molecule has 0 spiro atoms. The highest BCUT2D eigenvalue weighted by molar-refractivity contribution is 5.99. The molecule has 5 nitrogen and oxygen atoms in total. The number of carbonyl (C=O) groups excluding carboxylic acids is 2. The molecule has 0 unspecified atom stereocenters. The van der Waals surface area contributed by atoms with Gasteiger partial charge >= 0.3 is 0 Å². The van der Waals surface area contributed by atoms with Crippen LogP contribution in [-0.2, 0) is 11.3 Å². The number of nitrogens with one attached hydrogen (secondary N) is 1. The van der Waals surface area contributed by atoms with Gasteiger partial charge in [-0.1, -0.05) is 18.9 Å². The molecule has 1 heterocycles. The molecule has 25 heavy (non-hydrogen) atoms. The van der Waals surface area contributed by atoms with E-state index >= 15 is 0 Å². The van der Waals surface area contributed by atoms with Crippen LogP contribution in [0.1, 0.15) is 54.9 Å². The minimum Gasteiger partial charge on any atom is -0.505 e. The van der Waals surface area contributed by atoms with Crippen molar-refractivity contribution in [2.24, 2.45) is 11.8 Å². The first-order chi connectivity index (χ1) is 12.0. The van der Waals surface area contributed by atoms with Gasteiger partial charge in [0.05, 0.1) is 5.56 Å². The number of amides is 2. The summed E-state index contributed by atoms with van der Waals surface area (Å²) in [6.45, 7) is 3.34. The van der Waals surface area contributed by atoms with E-state index in [4.69, 9.17) is 0 Å². The molecule has 0 saturated heterocycles. The first-order valence-electron chi connectivity index (χ1n) is 8.99. The Bertz CT molecular complexity index is 669. The second-order valence-corrected chi connectivity index (χ2v) is 7.27. The van der Waals surface area contributed by atoms with E-state index in [0.717, 1.165) is 38.6 Å². The lowest BCUT2D eigenvalue weighted by atomic mass is 9.80. The maximum Gasteiger partial charge on any atom is 0.257 e. The van der Waals surface area contributed by atoms with Crippen LogP contribution in [0.4, 0.5) is 4.39 Å². The van der Waals surface area contributed by atoms with Gasteiger partial charge in [-0.25, -0.2) is 4.39 Å². The van der Waals surface area contributed by atoms with Gasteiger partial charge in [-0.05, 0) is 42.7 Å². The van der Waals surface area contributed by atoms with Gasteiger partial charge < -0.3 is 15.3 Å². The molecule has 1 aromatic rings. The number of hydrogen-bond donors (Lipinski definition) is 2. The molecule has 0 aromatic heterocycles. The maximum atomic E-state index is 14.0. The molecule has 136 valence electrons. The maximum absolute atomic E-state index is 14.0. The molecule has 1 aliphatic carbocycles. The number of phenols is 1. The number of phenolic OH excluding ortho intramolecular Hbond substituents is 1. The van der Waals surface area contributed by atoms with Crippen molar-refractivity contribution in [3.63, 3.8) is 0 Å². The van der Waals surface area contributed by atoms with E-state index in [1.54, 1.807) is 17.9 Å². The Morgan fingerprint density at radius 3 is 2.64 bits per heavy atom. The van der Waals surface area contributed by atoms with Crippen molar-refractivity contribution >= 4 is 11.8 Å². The third-order valence-electron chi connectivity index (χ3n) is 5.48. The summed E-state index contributed by atoms with van der Waals surface area (Å²) in [4.78, 5) is 25.0. The Labute approximate surface area is 147 Å². The van der Waals surface area contributed by atoms with Crippen LogP contribution in [-0.4, -0.2) is 34.9 Å². The summed E-state index contributed by atoms with van der Waals surface area (Å²) in [6, 6.07) is 2.93. The third kappa shape index (κ3) is 3.94. The highest BCUT2D eigenvalue weighted by Crippen LogP contribution is 2.33. The van der Waals surface area contributed by atoms with E-state index in [0.29, 0.717) is 30.5 Å². The van der Waals surface area contributed by atoms with Crippen LogP contribution in [0.2, 0.25) is 0 Å². The van der Waals surface area contributed by atoms with Crippen molar-refractivity contribution in [3.05, 3.63) is 29.1 Å². The number of nitrogens with zero attached hydrogens (tertiary/aromatic N) is 1. The van der Waals surface area contributed by atoms with E-state index in [-0.39, 0.29) is 17.4 Å². The van der Waals surface area contributed by atoms with Crippen LogP contribution < -0.4 is 5.32 Å². The molecular formula is C19H25FN2O3. The minimum atomic E-state index is -0.802. The lowest BCUT2D eigenvalue weighted by Gasteiger charge is -2.29. The molecule has 3 rings (SSSR count). The van der Waals surface area contributed by atoms with Crippen LogP contribution in [0, 0.1) is 17.7 Å². The number of fused-ring (bicyclic) bond motifs is 1. The predicted octanol–water partition coefficient (Wildman–Crippen LogP) is 2.82. The molecule has 1 saturated carbocycles. The Kier molecular flexibility index (Phi) is 5.25. The lowest BCUT2D eigenvalue weighted by molar-refractivity contribution is -0.119. The average molecular weight is 348 g/mol. The molecule has 1 aliphatic heterocycles. The highest BCUT2D eigenvalue weighted by Gasteiger charge is 2.32. The van der Waals surface area contributed by atoms with Crippen LogP contribution in [0.3, 0.4) is 0 Å². The summed E-state index contributed by atoms with van der Waals surface area (Å²) in [6.07, 6.45) is 5.33. The largest absolute Gasteiger partial charge is 0.505 e. The quantitative estimate of drug-likeness (QED) is 0.860. The van der Waals surface area contributed by atoms with E-state index in [9.17, 15) is 19.1 Å². The van der Waals surface area contributed by atoms with Crippen molar-refractivity contribution < 1.29 is 19.1 Å². The van der Waals surface area contributed by atoms with Crippen LogP contribution >= 0.6 is 0 Å². The predicted molar refractivity (Wildman–Crippen MR) is 91.6 cm³/mol. The standard InChI is InChI=1S/C19H25FN2O3/c1-12(23)21-10-14-4-2-13(3-5-14)8-9-22-11-15-6-7-16(24)18(20)17(15)19(22)25/h6-7,13-14,24H,2-5,8-11H2,1H3,(H,21,23). The van der Waals surface area contributed by atoms with E-state index in [1.807, 2.05) is 0 Å². The van der Waals surface area contributed by atoms with Crippen LogP contribution in [0.15, 0.2) is 12.1 Å². The summed E-state index contributed by atoms with van der Waals surface area (Å²) < 4.78 is 14.0. The minimum absolute atomic E-state index is 0.0208. The highest BCUT2D eigenvalue weighted by atomic mass is 19.1. The number of rotatable bonds is 5. The zero-order valence-electron chi connectivity index (χ0n) is 14.6. The Morgan fingerprint density at radius 1 is 1.28 bits per heavy atom. The zero-order valence-corrected chi connectivity index (χ0v) is 14.6. The fourth-order valence-electron chi connectivity index (χ4n) is 3.93. The van der Waals surface area contributed by atoms with Crippen molar-refractivity contribution in [1.82, 2.24) is 10.2 Å². The number of carbonyl (C=O) groups is 2. The number of benzene rings is 1. The number of aromatic hydroxyl groups is 1. The molecule has 2 aliphatic rings. The second kappa shape index (κ2) is 7.42. The fourth-order valence-corrected chi connectivity index (χ4v) is 3.93. The van der Waals surface area contributed by atoms with E-state index in [2.05, 4.69) is 5.32 Å². The normalized spacial score (nSPS) is 22.8. The summed E-state index contributed by atoms with van der Waals surface area (Å²) in [7, 11) is 0. The number of hydrogen-bond acceptors (Lipinski definition) is 3. The number of halogens is 1. The summed E-state index contributed by atoms with van der Waals surface area (Å²) in [5.74, 6) is -0.441. The van der Waals surface area contributed by atoms with Gasteiger partial charge in [-0.15, -0.1) is 0 Å². The molecule has 2 amide bonds. The molecule has 6 heteroatoms. The van der Waals surface area contributed by atoms with Gasteiger partial charge in [0.25, 0.3) is 5.91 Å². The Hall–Kier alpha value is -2.11. The van der Waals surface area contributed by atoms with Gasteiger partial charge in [0.15, 0.2) is 11.6 Å². The third-order valence-corrected chi connectivity index (χ3v) is 5.48. The van der Waals surface area contributed by atoms with Gasteiger partial charge in [0.2, 0.25) is 5.91 Å².